The van der Waals surface area contributed by atoms with E-state index in [1.807, 2.05) is 6.92 Å². The average molecular weight is 236 g/mol. The molecular weight excluding hydrogens is 226 g/mol. The SMILES string of the molecule is Cc1nc(C)n(-c2cc(Cl)ccc2C=O)n1. The lowest BCUT2D eigenvalue weighted by atomic mass is 10.2. The minimum absolute atomic E-state index is 0.539. The molecule has 0 bridgehead atoms. The highest BCUT2D eigenvalue weighted by Crippen LogP contribution is 2.19. The van der Waals surface area contributed by atoms with Crippen LogP contribution >= 0.6 is 11.6 Å². The summed E-state index contributed by atoms with van der Waals surface area (Å²) in [5.74, 6) is 1.39. The summed E-state index contributed by atoms with van der Waals surface area (Å²) in [7, 11) is 0. The van der Waals surface area contributed by atoms with Crippen LogP contribution in [0.4, 0.5) is 0 Å². The molecule has 0 fully saturated rings. The Morgan fingerprint density at radius 2 is 2.12 bits per heavy atom. The lowest BCUT2D eigenvalue weighted by Gasteiger charge is -2.06. The van der Waals surface area contributed by atoms with Gasteiger partial charge in [0, 0.05) is 10.6 Å². The minimum Gasteiger partial charge on any atom is -0.298 e. The Balaban J connectivity index is 2.66. The second-order valence-electron chi connectivity index (χ2n) is 3.44. The molecule has 1 aromatic heterocycles. The van der Waals surface area contributed by atoms with Gasteiger partial charge < -0.3 is 0 Å². The lowest BCUT2D eigenvalue weighted by Crippen LogP contribution is -2.03. The van der Waals surface area contributed by atoms with E-state index in [1.54, 1.807) is 29.8 Å². The maximum atomic E-state index is 10.9. The van der Waals surface area contributed by atoms with E-state index in [-0.39, 0.29) is 0 Å². The van der Waals surface area contributed by atoms with Crippen LogP contribution in [0, 0.1) is 13.8 Å². The molecule has 0 unspecified atom stereocenters. The highest BCUT2D eigenvalue weighted by atomic mass is 35.5. The van der Waals surface area contributed by atoms with Gasteiger partial charge in [-0.05, 0) is 32.0 Å². The zero-order valence-corrected chi connectivity index (χ0v) is 9.69. The van der Waals surface area contributed by atoms with Gasteiger partial charge in [0.15, 0.2) is 6.29 Å². The minimum atomic E-state index is 0.539. The van der Waals surface area contributed by atoms with Gasteiger partial charge in [-0.2, -0.15) is 5.10 Å². The van der Waals surface area contributed by atoms with Gasteiger partial charge >= 0.3 is 0 Å². The number of carbonyl (C=O) groups is 1. The zero-order valence-electron chi connectivity index (χ0n) is 8.94. The van der Waals surface area contributed by atoms with Crippen molar-refractivity contribution in [1.82, 2.24) is 14.8 Å². The van der Waals surface area contributed by atoms with Crippen LogP contribution in [0.1, 0.15) is 22.0 Å². The Morgan fingerprint density at radius 1 is 1.38 bits per heavy atom. The molecule has 2 aromatic rings. The van der Waals surface area contributed by atoms with Crippen LogP contribution in [0.2, 0.25) is 5.02 Å². The normalized spacial score (nSPS) is 10.4. The number of hydrogen-bond acceptors (Lipinski definition) is 3. The zero-order chi connectivity index (χ0) is 11.7. The lowest BCUT2D eigenvalue weighted by molar-refractivity contribution is 0.112. The topological polar surface area (TPSA) is 47.8 Å². The van der Waals surface area contributed by atoms with Gasteiger partial charge in [-0.3, -0.25) is 4.79 Å². The molecule has 0 spiro atoms. The Hall–Kier alpha value is -1.68. The van der Waals surface area contributed by atoms with Gasteiger partial charge in [0.25, 0.3) is 0 Å². The van der Waals surface area contributed by atoms with Crippen molar-refractivity contribution in [2.24, 2.45) is 0 Å². The van der Waals surface area contributed by atoms with E-state index in [9.17, 15) is 4.79 Å². The van der Waals surface area contributed by atoms with Gasteiger partial charge in [0.05, 0.1) is 5.69 Å². The molecule has 0 radical (unpaired) electrons. The summed E-state index contributed by atoms with van der Waals surface area (Å²) in [4.78, 5) is 15.1. The van der Waals surface area contributed by atoms with Crippen molar-refractivity contribution in [3.63, 3.8) is 0 Å². The monoisotopic (exact) mass is 235 g/mol. The third-order valence-electron chi connectivity index (χ3n) is 2.22. The Morgan fingerprint density at radius 3 is 2.69 bits per heavy atom. The Kier molecular flexibility index (Phi) is 2.75. The maximum absolute atomic E-state index is 10.9. The first-order valence-corrected chi connectivity index (χ1v) is 5.15. The summed E-state index contributed by atoms with van der Waals surface area (Å²) in [6.45, 7) is 3.63. The number of carbonyl (C=O) groups excluding carboxylic acids is 1. The third kappa shape index (κ3) is 1.84. The molecular formula is C11H10ClN3O. The van der Waals surface area contributed by atoms with Crippen LogP contribution in [0.15, 0.2) is 18.2 Å². The largest absolute Gasteiger partial charge is 0.298 e. The standard InChI is InChI=1S/C11H10ClN3O/c1-7-13-8(2)15(14-7)11-5-10(12)4-3-9(11)6-16/h3-6H,1-2H3. The highest BCUT2D eigenvalue weighted by Gasteiger charge is 2.10. The summed E-state index contributed by atoms with van der Waals surface area (Å²) in [5, 5.41) is 4.78. The van der Waals surface area contributed by atoms with Crippen molar-refractivity contribution in [1.29, 1.82) is 0 Å². The van der Waals surface area contributed by atoms with Crippen molar-refractivity contribution in [2.75, 3.05) is 0 Å². The van der Waals surface area contributed by atoms with Gasteiger partial charge in [-0.15, -0.1) is 0 Å². The summed E-state index contributed by atoms with van der Waals surface area (Å²) in [5.41, 5.74) is 1.19. The van der Waals surface area contributed by atoms with Crippen LogP contribution in [0.3, 0.4) is 0 Å². The predicted molar refractivity (Wildman–Crippen MR) is 61.2 cm³/mol. The van der Waals surface area contributed by atoms with Crippen molar-refractivity contribution in [2.45, 2.75) is 13.8 Å². The first kappa shape index (κ1) is 10.8. The molecule has 0 saturated carbocycles. The predicted octanol–water partition coefficient (Wildman–Crippen LogP) is 2.35. The molecule has 0 N–H and O–H groups in total. The fourth-order valence-electron chi connectivity index (χ4n) is 1.55. The molecule has 1 heterocycles. The van der Waals surface area contributed by atoms with Crippen LogP contribution in [0.5, 0.6) is 0 Å². The highest BCUT2D eigenvalue weighted by molar-refractivity contribution is 6.30. The van der Waals surface area contributed by atoms with Gasteiger partial charge in [0.2, 0.25) is 0 Å². The van der Waals surface area contributed by atoms with E-state index in [4.69, 9.17) is 11.6 Å². The van der Waals surface area contributed by atoms with Crippen molar-refractivity contribution in [3.8, 4) is 5.69 Å². The molecule has 82 valence electrons. The van der Waals surface area contributed by atoms with Gasteiger partial charge in [0.1, 0.15) is 11.6 Å². The number of hydrogen-bond donors (Lipinski definition) is 0. The molecule has 5 heteroatoms. The number of benzene rings is 1. The Labute approximate surface area is 97.9 Å². The molecule has 0 aliphatic rings. The first-order valence-electron chi connectivity index (χ1n) is 4.77. The number of nitrogens with zero attached hydrogens (tertiary/aromatic N) is 3. The summed E-state index contributed by atoms with van der Waals surface area (Å²) in [6.07, 6.45) is 0.780. The molecule has 0 aliphatic carbocycles. The van der Waals surface area contributed by atoms with Crippen molar-refractivity contribution < 1.29 is 4.79 Å². The van der Waals surface area contributed by atoms with E-state index < -0.39 is 0 Å². The van der Waals surface area contributed by atoms with E-state index >= 15 is 0 Å². The first-order chi connectivity index (χ1) is 7.61. The van der Waals surface area contributed by atoms with E-state index in [1.165, 1.54) is 0 Å². The number of aldehydes is 1. The number of halogens is 1. The quantitative estimate of drug-likeness (QED) is 0.751. The molecule has 1 aromatic carbocycles. The third-order valence-corrected chi connectivity index (χ3v) is 2.46. The number of rotatable bonds is 2. The maximum Gasteiger partial charge on any atom is 0.152 e. The molecule has 0 amide bonds. The van der Waals surface area contributed by atoms with Gasteiger partial charge in [-0.1, -0.05) is 11.6 Å². The molecule has 16 heavy (non-hydrogen) atoms. The molecule has 0 aliphatic heterocycles. The van der Waals surface area contributed by atoms with Gasteiger partial charge in [-0.25, -0.2) is 9.67 Å². The van der Waals surface area contributed by atoms with Crippen LogP contribution in [-0.2, 0) is 0 Å². The summed E-state index contributed by atoms with van der Waals surface area (Å²) >= 11 is 5.91. The Bertz CT molecular complexity index is 548. The van der Waals surface area contributed by atoms with Crippen LogP contribution < -0.4 is 0 Å². The second kappa shape index (κ2) is 4.06. The molecule has 0 atom stereocenters. The summed E-state index contributed by atoms with van der Waals surface area (Å²) < 4.78 is 1.62. The number of aryl methyl sites for hydroxylation is 2. The van der Waals surface area contributed by atoms with E-state index in [2.05, 4.69) is 10.1 Å². The number of aromatic nitrogens is 3. The van der Waals surface area contributed by atoms with E-state index in [0.717, 1.165) is 12.1 Å². The fourth-order valence-corrected chi connectivity index (χ4v) is 1.72. The van der Waals surface area contributed by atoms with Crippen molar-refractivity contribution in [3.05, 3.63) is 40.4 Å². The molecule has 2 rings (SSSR count). The van der Waals surface area contributed by atoms with Crippen molar-refractivity contribution >= 4 is 17.9 Å². The van der Waals surface area contributed by atoms with Crippen LogP contribution in [0.25, 0.3) is 5.69 Å². The smallest absolute Gasteiger partial charge is 0.152 e. The average Bonchev–Trinajstić information content (AvgIpc) is 2.57. The summed E-state index contributed by atoms with van der Waals surface area (Å²) in [6, 6.07) is 5.04. The molecule has 4 nitrogen and oxygen atoms in total. The van der Waals surface area contributed by atoms with Crippen LogP contribution in [-0.4, -0.2) is 21.1 Å². The fraction of sp³-hybridized carbons (Fsp3) is 0.182. The molecule has 0 saturated heterocycles. The second-order valence-corrected chi connectivity index (χ2v) is 3.88. The van der Waals surface area contributed by atoms with E-state index in [0.29, 0.717) is 22.1 Å².